The van der Waals surface area contributed by atoms with E-state index in [1.165, 1.54) is 12.8 Å². The number of fused-ring (bicyclic) bond motifs is 1. The normalized spacial score (nSPS) is 44.6. The molecule has 0 heterocycles. The maximum Gasteiger partial charge on any atom is 0.0650 e. The summed E-state index contributed by atoms with van der Waals surface area (Å²) in [5.74, 6) is 4.05. The molecule has 0 aliphatic heterocycles. The van der Waals surface area contributed by atoms with Crippen LogP contribution in [0.3, 0.4) is 0 Å². The fourth-order valence-electron chi connectivity index (χ4n) is 4.57. The van der Waals surface area contributed by atoms with E-state index in [2.05, 4.69) is 27.7 Å². The van der Waals surface area contributed by atoms with Crippen LogP contribution in [0.25, 0.3) is 0 Å². The van der Waals surface area contributed by atoms with Crippen LogP contribution in [0.1, 0.15) is 54.4 Å². The van der Waals surface area contributed by atoms with Crippen molar-refractivity contribution in [3.63, 3.8) is 0 Å². The van der Waals surface area contributed by atoms with Crippen LogP contribution in [-0.4, -0.2) is 10.7 Å². The van der Waals surface area contributed by atoms with Gasteiger partial charge in [-0.1, -0.05) is 27.7 Å². The van der Waals surface area contributed by atoms with E-state index >= 15 is 0 Å². The molecule has 1 nitrogen and oxygen atoms in total. The van der Waals surface area contributed by atoms with Gasteiger partial charge in [0.05, 0.1) is 5.60 Å². The summed E-state index contributed by atoms with van der Waals surface area (Å²) in [4.78, 5) is 0. The van der Waals surface area contributed by atoms with E-state index in [-0.39, 0.29) is 5.41 Å². The maximum atomic E-state index is 10.4. The molecule has 2 rings (SSSR count). The van der Waals surface area contributed by atoms with E-state index in [0.29, 0.717) is 0 Å². The average Bonchev–Trinajstić information content (AvgIpc) is 2.08. The lowest BCUT2D eigenvalue weighted by Crippen LogP contribution is -2.70. The third-order valence-corrected chi connectivity index (χ3v) is 5.94. The topological polar surface area (TPSA) is 20.2 Å². The highest BCUT2D eigenvalue weighted by Gasteiger charge is 2.69. The van der Waals surface area contributed by atoms with E-state index in [9.17, 15) is 5.11 Å². The van der Waals surface area contributed by atoms with E-state index in [4.69, 9.17) is 0 Å². The summed E-state index contributed by atoms with van der Waals surface area (Å²) in [6.45, 7) is 13.5. The predicted octanol–water partition coefficient (Wildman–Crippen LogP) is 3.71. The van der Waals surface area contributed by atoms with Gasteiger partial charge in [-0.15, -0.1) is 0 Å². The van der Waals surface area contributed by atoms with Crippen molar-refractivity contribution in [1.82, 2.24) is 0 Å². The smallest absolute Gasteiger partial charge is 0.0650 e. The van der Waals surface area contributed by atoms with E-state index in [0.717, 1.165) is 29.6 Å². The van der Waals surface area contributed by atoms with Crippen molar-refractivity contribution < 1.29 is 5.11 Å². The van der Waals surface area contributed by atoms with Crippen LogP contribution < -0.4 is 0 Å². The summed E-state index contributed by atoms with van der Waals surface area (Å²) < 4.78 is 0. The van der Waals surface area contributed by atoms with Gasteiger partial charge in [0, 0.05) is 5.41 Å². The Labute approximate surface area is 101 Å². The minimum Gasteiger partial charge on any atom is -0.390 e. The highest BCUT2D eigenvalue weighted by molar-refractivity contribution is 5.18. The Kier molecular flexibility index (Phi) is 2.70. The molecule has 0 amide bonds. The van der Waals surface area contributed by atoms with Gasteiger partial charge in [-0.05, 0) is 56.3 Å². The molecule has 0 spiro atoms. The lowest BCUT2D eigenvalue weighted by molar-refractivity contribution is -0.280. The van der Waals surface area contributed by atoms with Gasteiger partial charge in [-0.2, -0.15) is 0 Å². The molecule has 2 fully saturated rings. The highest BCUT2D eigenvalue weighted by atomic mass is 16.3. The van der Waals surface area contributed by atoms with Gasteiger partial charge in [-0.3, -0.25) is 0 Å². The largest absolute Gasteiger partial charge is 0.390 e. The summed E-state index contributed by atoms with van der Waals surface area (Å²) in [7, 11) is 0. The second-order valence-corrected chi connectivity index (χ2v) is 7.39. The van der Waals surface area contributed by atoms with Crippen molar-refractivity contribution in [3.8, 4) is 0 Å². The first-order valence-corrected chi connectivity index (χ1v) is 6.93. The second kappa shape index (κ2) is 3.48. The zero-order valence-electron chi connectivity index (χ0n) is 11.7. The fourth-order valence-corrected chi connectivity index (χ4v) is 4.57. The van der Waals surface area contributed by atoms with Gasteiger partial charge >= 0.3 is 0 Å². The van der Waals surface area contributed by atoms with Crippen LogP contribution in [0.5, 0.6) is 0 Å². The minimum absolute atomic E-state index is 0.264. The van der Waals surface area contributed by atoms with E-state index < -0.39 is 5.60 Å². The van der Waals surface area contributed by atoms with Gasteiger partial charge in [-0.25, -0.2) is 0 Å². The monoisotopic (exact) mass is 224 g/mol. The molecular formula is C15H28O. The summed E-state index contributed by atoms with van der Waals surface area (Å²) in [6, 6.07) is 0. The molecule has 0 radical (unpaired) electrons. The fraction of sp³-hybridized carbons (Fsp3) is 1.00. The first-order chi connectivity index (χ1) is 7.21. The molecular weight excluding hydrogens is 196 g/mol. The molecule has 2 aliphatic rings. The summed E-state index contributed by atoms with van der Waals surface area (Å²) >= 11 is 0. The Hall–Kier alpha value is -0.0400. The average molecular weight is 224 g/mol. The molecule has 0 aromatic carbocycles. The molecule has 1 heteroatoms. The molecule has 0 aromatic rings. The zero-order valence-corrected chi connectivity index (χ0v) is 11.7. The lowest BCUT2D eigenvalue weighted by atomic mass is 9.33. The zero-order chi connectivity index (χ0) is 12.3. The first kappa shape index (κ1) is 12.4. The van der Waals surface area contributed by atoms with Crippen LogP contribution in [-0.2, 0) is 0 Å². The van der Waals surface area contributed by atoms with Crippen molar-refractivity contribution in [3.05, 3.63) is 0 Å². The standard InChI is InChI=1S/C15H28O/c1-9(2)11(4)12-8-15(14(5,6)16)7-10(3)13(12)15/h9-13,16H,7-8H2,1-6H3. The molecule has 0 bridgehead atoms. The van der Waals surface area contributed by atoms with E-state index in [1.807, 2.05) is 13.8 Å². The lowest BCUT2D eigenvalue weighted by Gasteiger charge is -2.73. The first-order valence-electron chi connectivity index (χ1n) is 6.93. The summed E-state index contributed by atoms with van der Waals surface area (Å²) in [6.07, 6.45) is 2.49. The molecule has 2 aliphatic carbocycles. The van der Waals surface area contributed by atoms with Gasteiger partial charge < -0.3 is 5.11 Å². The Morgan fingerprint density at radius 3 is 2.12 bits per heavy atom. The Morgan fingerprint density at radius 1 is 1.19 bits per heavy atom. The van der Waals surface area contributed by atoms with E-state index in [1.54, 1.807) is 0 Å². The number of rotatable bonds is 3. The van der Waals surface area contributed by atoms with Crippen LogP contribution in [0, 0.1) is 35.0 Å². The molecule has 0 saturated heterocycles. The minimum atomic E-state index is -0.475. The SMILES string of the molecule is CC(C)C(C)C1CC2(C(C)(C)O)CC(C)C12. The maximum absolute atomic E-state index is 10.4. The molecule has 1 N–H and O–H groups in total. The Bertz CT molecular complexity index is 276. The Morgan fingerprint density at radius 2 is 1.75 bits per heavy atom. The molecule has 5 unspecified atom stereocenters. The van der Waals surface area contributed by atoms with Gasteiger partial charge in [0.2, 0.25) is 0 Å². The molecule has 0 aromatic heterocycles. The van der Waals surface area contributed by atoms with Crippen molar-refractivity contribution in [2.45, 2.75) is 60.0 Å². The van der Waals surface area contributed by atoms with Crippen molar-refractivity contribution in [2.24, 2.45) is 35.0 Å². The van der Waals surface area contributed by atoms with Gasteiger partial charge in [0.1, 0.15) is 0 Å². The van der Waals surface area contributed by atoms with Gasteiger partial charge in [0.25, 0.3) is 0 Å². The summed E-state index contributed by atoms with van der Waals surface area (Å²) in [5.41, 5.74) is -0.211. The molecule has 2 saturated carbocycles. The quantitative estimate of drug-likeness (QED) is 0.775. The van der Waals surface area contributed by atoms with Crippen molar-refractivity contribution in [2.75, 3.05) is 0 Å². The van der Waals surface area contributed by atoms with Crippen LogP contribution in [0.4, 0.5) is 0 Å². The Balaban J connectivity index is 2.11. The number of hydrogen-bond acceptors (Lipinski definition) is 1. The van der Waals surface area contributed by atoms with Crippen molar-refractivity contribution >= 4 is 0 Å². The van der Waals surface area contributed by atoms with Crippen LogP contribution >= 0.6 is 0 Å². The molecule has 16 heavy (non-hydrogen) atoms. The van der Waals surface area contributed by atoms with Crippen LogP contribution in [0.2, 0.25) is 0 Å². The highest BCUT2D eigenvalue weighted by Crippen LogP contribution is 2.73. The third-order valence-electron chi connectivity index (χ3n) is 5.94. The summed E-state index contributed by atoms with van der Waals surface area (Å²) in [5, 5.41) is 10.4. The number of aliphatic hydroxyl groups is 1. The van der Waals surface area contributed by atoms with Crippen molar-refractivity contribution in [1.29, 1.82) is 0 Å². The molecule has 94 valence electrons. The molecule has 5 atom stereocenters. The van der Waals surface area contributed by atoms with Crippen LogP contribution in [0.15, 0.2) is 0 Å². The third kappa shape index (κ3) is 1.40. The predicted molar refractivity (Wildman–Crippen MR) is 68.1 cm³/mol. The van der Waals surface area contributed by atoms with Gasteiger partial charge in [0.15, 0.2) is 0 Å². The number of hydrogen-bond donors (Lipinski definition) is 1. The second-order valence-electron chi connectivity index (χ2n) is 7.39.